The van der Waals surface area contributed by atoms with Gasteiger partial charge in [0.15, 0.2) is 11.5 Å². The molecule has 0 aromatic carbocycles. The number of alkyl halides is 5. The molecule has 3 nitrogen and oxygen atoms in total. The van der Waals surface area contributed by atoms with Gasteiger partial charge in [0.25, 0.3) is 6.43 Å². The van der Waals surface area contributed by atoms with Crippen LogP contribution in [0.1, 0.15) is 28.2 Å². The normalized spacial score (nSPS) is 11.8. The van der Waals surface area contributed by atoms with E-state index in [-0.39, 0.29) is 6.07 Å². The molecule has 0 unspecified atom stereocenters. The number of hydrogen-bond donors (Lipinski definition) is 0. The summed E-state index contributed by atoms with van der Waals surface area (Å²) in [6.45, 7) is 0. The summed E-state index contributed by atoms with van der Waals surface area (Å²) in [5, 5.41) is 0. The molecular weight excluding hydrogens is 268 g/mol. The molecule has 0 atom stereocenters. The summed E-state index contributed by atoms with van der Waals surface area (Å²) < 4.78 is 78.9. The van der Waals surface area contributed by atoms with Crippen molar-refractivity contribution in [2.75, 3.05) is 7.11 Å². The van der Waals surface area contributed by atoms with E-state index in [0.717, 1.165) is 7.11 Å². The number of hydrogen-bond acceptors (Lipinski definition) is 3. The van der Waals surface area contributed by atoms with Crippen LogP contribution in [0.5, 0.6) is 0 Å². The van der Waals surface area contributed by atoms with Crippen molar-refractivity contribution in [3.05, 3.63) is 28.8 Å². The highest BCUT2D eigenvalue weighted by Crippen LogP contribution is 2.34. The van der Waals surface area contributed by atoms with E-state index in [9.17, 15) is 31.1 Å². The highest BCUT2D eigenvalue weighted by molar-refractivity contribution is 5.89. The Morgan fingerprint density at radius 3 is 2.33 bits per heavy atom. The number of pyridine rings is 1. The lowest BCUT2D eigenvalue weighted by Gasteiger charge is -2.12. The molecule has 1 aromatic heterocycles. The highest BCUT2D eigenvalue weighted by Gasteiger charge is 2.38. The summed E-state index contributed by atoms with van der Waals surface area (Å²) in [6.07, 6.45) is -8.56. The van der Waals surface area contributed by atoms with Crippen molar-refractivity contribution in [1.29, 1.82) is 0 Å². The maximum Gasteiger partial charge on any atom is 0.418 e. The standard InChI is InChI=1S/C9H5F6NO2/c1-18-8(17)5-3(9(13,14)15)2-4(10)6(16-5)7(11)12/h2,7H,1H3. The number of rotatable bonds is 2. The van der Waals surface area contributed by atoms with Gasteiger partial charge in [-0.15, -0.1) is 0 Å². The summed E-state index contributed by atoms with van der Waals surface area (Å²) in [7, 11) is 0.746. The zero-order chi connectivity index (χ0) is 14.1. The third-order valence-corrected chi connectivity index (χ3v) is 1.89. The first-order valence-corrected chi connectivity index (χ1v) is 4.32. The molecule has 0 fully saturated rings. The third-order valence-electron chi connectivity index (χ3n) is 1.89. The lowest BCUT2D eigenvalue weighted by Crippen LogP contribution is -2.18. The topological polar surface area (TPSA) is 39.2 Å². The lowest BCUT2D eigenvalue weighted by atomic mass is 10.1. The second kappa shape index (κ2) is 4.83. The van der Waals surface area contributed by atoms with E-state index in [1.54, 1.807) is 0 Å². The van der Waals surface area contributed by atoms with E-state index in [1.165, 1.54) is 0 Å². The van der Waals surface area contributed by atoms with E-state index in [4.69, 9.17) is 0 Å². The first-order chi connectivity index (χ1) is 8.18. The SMILES string of the molecule is COC(=O)c1nc(C(F)F)c(F)cc1C(F)(F)F. The van der Waals surface area contributed by atoms with Crippen LogP contribution >= 0.6 is 0 Å². The summed E-state index contributed by atoms with van der Waals surface area (Å²) in [5.41, 5.74) is -4.71. The van der Waals surface area contributed by atoms with Crippen molar-refractivity contribution >= 4 is 5.97 Å². The third kappa shape index (κ3) is 2.71. The largest absolute Gasteiger partial charge is 0.464 e. The Bertz CT molecular complexity index is 471. The molecule has 9 heteroatoms. The molecule has 18 heavy (non-hydrogen) atoms. The van der Waals surface area contributed by atoms with Gasteiger partial charge in [-0.1, -0.05) is 0 Å². The van der Waals surface area contributed by atoms with E-state index < -0.39 is 41.3 Å². The molecule has 1 aromatic rings. The number of carbonyl (C=O) groups is 1. The van der Waals surface area contributed by atoms with Gasteiger partial charge in [0, 0.05) is 0 Å². The summed E-state index contributed by atoms with van der Waals surface area (Å²) in [6, 6.07) is -0.208. The fourth-order valence-corrected chi connectivity index (χ4v) is 1.12. The number of carbonyl (C=O) groups excluding carboxylic acids is 1. The predicted molar refractivity (Wildman–Crippen MR) is 45.5 cm³/mol. The van der Waals surface area contributed by atoms with Crippen molar-refractivity contribution < 1.29 is 35.9 Å². The van der Waals surface area contributed by atoms with Crippen molar-refractivity contribution in [2.24, 2.45) is 0 Å². The molecular formula is C9H5F6NO2. The number of nitrogens with zero attached hydrogens (tertiary/aromatic N) is 1. The molecule has 0 aliphatic heterocycles. The minimum atomic E-state index is -5.11. The first kappa shape index (κ1) is 14.3. The Morgan fingerprint density at radius 1 is 1.39 bits per heavy atom. The average molecular weight is 273 g/mol. The smallest absolute Gasteiger partial charge is 0.418 e. The fraction of sp³-hybridized carbons (Fsp3) is 0.333. The van der Waals surface area contributed by atoms with Crippen molar-refractivity contribution in [3.8, 4) is 0 Å². The van der Waals surface area contributed by atoms with Crippen molar-refractivity contribution in [1.82, 2.24) is 4.98 Å². The molecule has 0 N–H and O–H groups in total. The molecule has 0 aliphatic rings. The van der Waals surface area contributed by atoms with Crippen LogP contribution in [0.25, 0.3) is 0 Å². The van der Waals surface area contributed by atoms with Gasteiger partial charge in [-0.2, -0.15) is 13.2 Å². The van der Waals surface area contributed by atoms with E-state index >= 15 is 0 Å². The highest BCUT2D eigenvalue weighted by atomic mass is 19.4. The fourth-order valence-electron chi connectivity index (χ4n) is 1.12. The Morgan fingerprint density at radius 2 is 1.94 bits per heavy atom. The molecule has 0 saturated carbocycles. The van der Waals surface area contributed by atoms with Gasteiger partial charge < -0.3 is 4.74 Å². The van der Waals surface area contributed by atoms with Crippen LogP contribution in [0.4, 0.5) is 26.3 Å². The number of methoxy groups -OCH3 is 1. The van der Waals surface area contributed by atoms with Gasteiger partial charge in [-0.25, -0.2) is 22.9 Å². The quantitative estimate of drug-likeness (QED) is 0.614. The Hall–Kier alpha value is -1.80. The maximum atomic E-state index is 13.0. The van der Waals surface area contributed by atoms with Crippen LogP contribution in [0.15, 0.2) is 6.07 Å². The first-order valence-electron chi connectivity index (χ1n) is 4.32. The molecule has 0 aliphatic carbocycles. The molecule has 0 radical (unpaired) electrons. The molecule has 1 heterocycles. The number of aromatic nitrogens is 1. The van der Waals surface area contributed by atoms with Gasteiger partial charge in [-0.05, 0) is 6.07 Å². The van der Waals surface area contributed by atoms with Crippen molar-refractivity contribution in [3.63, 3.8) is 0 Å². The van der Waals surface area contributed by atoms with E-state index in [2.05, 4.69) is 9.72 Å². The van der Waals surface area contributed by atoms with Crippen LogP contribution in [0.2, 0.25) is 0 Å². The maximum absolute atomic E-state index is 13.0. The second-order valence-electron chi connectivity index (χ2n) is 3.04. The van der Waals surface area contributed by atoms with Crippen LogP contribution in [0, 0.1) is 5.82 Å². The monoisotopic (exact) mass is 273 g/mol. The van der Waals surface area contributed by atoms with Crippen LogP contribution in [-0.4, -0.2) is 18.1 Å². The average Bonchev–Trinajstić information content (AvgIpc) is 2.26. The Labute approximate surface area is 96.4 Å². The Kier molecular flexibility index (Phi) is 3.82. The summed E-state index contributed by atoms with van der Waals surface area (Å²) in [4.78, 5) is 13.7. The molecule has 0 bridgehead atoms. The number of esters is 1. The molecule has 0 saturated heterocycles. The minimum absolute atomic E-state index is 0.208. The molecule has 0 spiro atoms. The van der Waals surface area contributed by atoms with Gasteiger partial charge >= 0.3 is 12.1 Å². The lowest BCUT2D eigenvalue weighted by molar-refractivity contribution is -0.138. The summed E-state index contributed by atoms with van der Waals surface area (Å²) in [5.74, 6) is -3.42. The minimum Gasteiger partial charge on any atom is -0.464 e. The zero-order valence-corrected chi connectivity index (χ0v) is 8.69. The molecule has 100 valence electrons. The number of ether oxygens (including phenoxy) is 1. The predicted octanol–water partition coefficient (Wildman–Crippen LogP) is 2.96. The van der Waals surface area contributed by atoms with Gasteiger partial charge in [0.05, 0.1) is 12.7 Å². The van der Waals surface area contributed by atoms with Crippen molar-refractivity contribution in [2.45, 2.75) is 12.6 Å². The Balaban J connectivity index is 3.52. The molecule has 1 rings (SSSR count). The van der Waals surface area contributed by atoms with E-state index in [1.807, 2.05) is 0 Å². The zero-order valence-electron chi connectivity index (χ0n) is 8.69. The van der Waals surface area contributed by atoms with Crippen LogP contribution in [0.3, 0.4) is 0 Å². The second-order valence-corrected chi connectivity index (χ2v) is 3.04. The van der Waals surface area contributed by atoms with Crippen LogP contribution < -0.4 is 0 Å². The number of halogens is 6. The van der Waals surface area contributed by atoms with Crippen LogP contribution in [-0.2, 0) is 10.9 Å². The van der Waals surface area contributed by atoms with Gasteiger partial charge in [0.2, 0.25) is 0 Å². The van der Waals surface area contributed by atoms with E-state index in [0.29, 0.717) is 0 Å². The molecule has 0 amide bonds. The van der Waals surface area contributed by atoms with Gasteiger partial charge in [-0.3, -0.25) is 0 Å². The summed E-state index contributed by atoms with van der Waals surface area (Å²) >= 11 is 0. The van der Waals surface area contributed by atoms with Gasteiger partial charge in [0.1, 0.15) is 5.69 Å².